The van der Waals surface area contributed by atoms with E-state index in [4.69, 9.17) is 0 Å². The van der Waals surface area contributed by atoms with Gasteiger partial charge in [-0.1, -0.05) is 12.1 Å². The Morgan fingerprint density at radius 3 is 2.48 bits per heavy atom. The minimum atomic E-state index is -3.16. The molecule has 33 heavy (non-hydrogen) atoms. The number of sulfone groups is 1. The number of rotatable bonds is 5. The number of carbonyl (C=O) groups excluding carboxylic acids is 2. The van der Waals surface area contributed by atoms with E-state index in [-0.39, 0.29) is 48.1 Å². The Kier molecular flexibility index (Phi) is 6.20. The van der Waals surface area contributed by atoms with Crippen LogP contribution in [-0.4, -0.2) is 59.5 Å². The molecule has 0 spiro atoms. The molecule has 1 aliphatic rings. The SMILES string of the molecule is CCn1ncc2ccc(N(Cc3ccc(C(C)=O)cc3F)C(=O)N3CCS(=O)(=O)CC3)cc21. The third-order valence-corrected chi connectivity index (χ3v) is 7.48. The number of anilines is 1. The molecular weight excluding hydrogens is 447 g/mol. The molecule has 0 radical (unpaired) electrons. The molecule has 2 aromatic carbocycles. The van der Waals surface area contributed by atoms with Crippen molar-refractivity contribution in [3.05, 3.63) is 59.5 Å². The molecule has 0 saturated carbocycles. The highest BCUT2D eigenvalue weighted by Crippen LogP contribution is 2.26. The van der Waals surface area contributed by atoms with Gasteiger partial charge in [0.2, 0.25) is 0 Å². The van der Waals surface area contributed by atoms with Gasteiger partial charge in [-0.3, -0.25) is 14.4 Å². The summed E-state index contributed by atoms with van der Waals surface area (Å²) < 4.78 is 40.3. The first-order valence-electron chi connectivity index (χ1n) is 10.7. The Bertz CT molecular complexity index is 1320. The summed E-state index contributed by atoms with van der Waals surface area (Å²) in [7, 11) is -3.16. The third kappa shape index (κ3) is 4.75. The van der Waals surface area contributed by atoms with Crippen molar-refractivity contribution >= 4 is 38.2 Å². The van der Waals surface area contributed by atoms with Crippen molar-refractivity contribution in [1.82, 2.24) is 14.7 Å². The molecule has 0 bridgehead atoms. The quantitative estimate of drug-likeness (QED) is 0.532. The summed E-state index contributed by atoms with van der Waals surface area (Å²) in [6.45, 7) is 4.06. The zero-order valence-corrected chi connectivity index (χ0v) is 19.3. The van der Waals surface area contributed by atoms with Gasteiger partial charge in [0, 0.05) is 41.8 Å². The highest BCUT2D eigenvalue weighted by Gasteiger charge is 2.29. The fraction of sp³-hybridized carbons (Fsp3) is 0.348. The molecule has 174 valence electrons. The Morgan fingerprint density at radius 1 is 1.12 bits per heavy atom. The van der Waals surface area contributed by atoms with Gasteiger partial charge >= 0.3 is 6.03 Å². The van der Waals surface area contributed by atoms with E-state index in [0.717, 1.165) is 10.9 Å². The topological polar surface area (TPSA) is 92.6 Å². The maximum absolute atomic E-state index is 14.8. The van der Waals surface area contributed by atoms with Gasteiger partial charge in [-0.25, -0.2) is 17.6 Å². The minimum absolute atomic E-state index is 0.0716. The van der Waals surface area contributed by atoms with Crippen LogP contribution in [0, 0.1) is 5.82 Å². The Morgan fingerprint density at radius 2 is 1.85 bits per heavy atom. The molecule has 8 nitrogen and oxygen atoms in total. The molecule has 0 N–H and O–H groups in total. The summed E-state index contributed by atoms with van der Waals surface area (Å²) in [5.41, 5.74) is 1.89. The van der Waals surface area contributed by atoms with Crippen LogP contribution in [0.4, 0.5) is 14.9 Å². The van der Waals surface area contributed by atoms with Gasteiger partial charge < -0.3 is 4.90 Å². The van der Waals surface area contributed by atoms with E-state index in [1.807, 2.05) is 19.1 Å². The van der Waals surface area contributed by atoms with Crippen LogP contribution in [-0.2, 0) is 22.9 Å². The van der Waals surface area contributed by atoms with Crippen molar-refractivity contribution in [2.24, 2.45) is 0 Å². The number of aromatic nitrogens is 2. The van der Waals surface area contributed by atoms with Crippen molar-refractivity contribution in [2.75, 3.05) is 29.5 Å². The second-order valence-electron chi connectivity index (χ2n) is 8.07. The zero-order valence-electron chi connectivity index (χ0n) is 18.5. The molecule has 1 aliphatic heterocycles. The molecule has 1 aromatic heterocycles. The first kappa shape index (κ1) is 22.9. The second-order valence-corrected chi connectivity index (χ2v) is 10.4. The molecule has 0 aliphatic carbocycles. The summed E-state index contributed by atoms with van der Waals surface area (Å²) in [6.07, 6.45) is 1.74. The van der Waals surface area contributed by atoms with Gasteiger partial charge in [0.15, 0.2) is 15.6 Å². The lowest BCUT2D eigenvalue weighted by atomic mass is 10.1. The molecule has 0 atom stereocenters. The van der Waals surface area contributed by atoms with E-state index in [1.54, 1.807) is 16.9 Å². The number of hydrogen-bond donors (Lipinski definition) is 0. The van der Waals surface area contributed by atoms with E-state index < -0.39 is 21.7 Å². The number of carbonyl (C=O) groups is 2. The smallest absolute Gasteiger partial charge is 0.322 e. The molecule has 0 unspecified atom stereocenters. The summed E-state index contributed by atoms with van der Waals surface area (Å²) >= 11 is 0. The highest BCUT2D eigenvalue weighted by atomic mass is 32.2. The van der Waals surface area contributed by atoms with Gasteiger partial charge in [-0.05, 0) is 38.1 Å². The van der Waals surface area contributed by atoms with Gasteiger partial charge in [-0.15, -0.1) is 0 Å². The van der Waals surface area contributed by atoms with Gasteiger partial charge in [0.1, 0.15) is 5.82 Å². The molecule has 10 heteroatoms. The molecule has 4 rings (SSSR count). The van der Waals surface area contributed by atoms with E-state index in [1.165, 1.54) is 34.9 Å². The maximum Gasteiger partial charge on any atom is 0.324 e. The molecule has 3 aromatic rings. The average Bonchev–Trinajstić information content (AvgIpc) is 3.20. The lowest BCUT2D eigenvalue weighted by Crippen LogP contribution is -2.49. The van der Waals surface area contributed by atoms with Crippen molar-refractivity contribution in [2.45, 2.75) is 26.9 Å². The van der Waals surface area contributed by atoms with Crippen LogP contribution in [0.2, 0.25) is 0 Å². The van der Waals surface area contributed by atoms with Crippen molar-refractivity contribution < 1.29 is 22.4 Å². The van der Waals surface area contributed by atoms with Crippen LogP contribution in [0.3, 0.4) is 0 Å². The van der Waals surface area contributed by atoms with Crippen molar-refractivity contribution in [3.63, 3.8) is 0 Å². The van der Waals surface area contributed by atoms with Crippen molar-refractivity contribution in [3.8, 4) is 0 Å². The number of urea groups is 1. The Balaban J connectivity index is 1.72. The lowest BCUT2D eigenvalue weighted by Gasteiger charge is -2.33. The third-order valence-electron chi connectivity index (χ3n) is 5.87. The molecule has 2 heterocycles. The van der Waals surface area contributed by atoms with E-state index in [0.29, 0.717) is 12.2 Å². The second kappa shape index (κ2) is 8.93. The van der Waals surface area contributed by atoms with Crippen molar-refractivity contribution in [1.29, 1.82) is 0 Å². The number of hydrogen-bond acceptors (Lipinski definition) is 5. The monoisotopic (exact) mass is 472 g/mol. The zero-order chi connectivity index (χ0) is 23.8. The number of benzene rings is 2. The number of nitrogens with zero attached hydrogens (tertiary/aromatic N) is 4. The van der Waals surface area contributed by atoms with Crippen LogP contribution < -0.4 is 4.90 Å². The largest absolute Gasteiger partial charge is 0.324 e. The van der Waals surface area contributed by atoms with Crippen LogP contribution in [0.25, 0.3) is 10.9 Å². The molecule has 1 saturated heterocycles. The maximum atomic E-state index is 14.8. The van der Waals surface area contributed by atoms with Crippen LogP contribution in [0.5, 0.6) is 0 Å². The predicted molar refractivity (Wildman–Crippen MR) is 124 cm³/mol. The number of amides is 2. The fourth-order valence-corrected chi connectivity index (χ4v) is 5.09. The normalized spacial score (nSPS) is 15.5. The molecule has 1 fully saturated rings. The number of halogens is 1. The number of ketones is 1. The summed E-state index contributed by atoms with van der Waals surface area (Å²) in [5, 5.41) is 5.24. The highest BCUT2D eigenvalue weighted by molar-refractivity contribution is 7.91. The first-order chi connectivity index (χ1) is 15.7. The summed E-state index contributed by atoms with van der Waals surface area (Å²) in [6, 6.07) is 9.25. The first-order valence-corrected chi connectivity index (χ1v) is 12.5. The van der Waals surface area contributed by atoms with E-state index in [9.17, 15) is 22.4 Å². The fourth-order valence-electron chi connectivity index (χ4n) is 3.89. The number of Topliss-reactive ketones (excluding diaryl/α,β-unsaturated/α-hetero) is 1. The van der Waals surface area contributed by atoms with Crippen LogP contribution >= 0.6 is 0 Å². The van der Waals surface area contributed by atoms with Gasteiger partial charge in [-0.2, -0.15) is 5.10 Å². The van der Waals surface area contributed by atoms with E-state index in [2.05, 4.69) is 5.10 Å². The summed E-state index contributed by atoms with van der Waals surface area (Å²) in [5.74, 6) is -1.03. The molecular formula is C23H25FN4O4S. The standard InChI is InChI=1S/C23H25FN4O4S/c1-3-28-22-13-20(7-6-18(22)14-25-28)27(23(30)26-8-10-33(31,32)11-9-26)15-19-5-4-17(16(2)29)12-21(19)24/h4-7,12-14H,3,8-11,15H2,1-2H3. The number of aryl methyl sites for hydroxylation is 1. The van der Waals surface area contributed by atoms with Gasteiger partial charge in [0.25, 0.3) is 0 Å². The lowest BCUT2D eigenvalue weighted by molar-refractivity contribution is 0.101. The summed E-state index contributed by atoms with van der Waals surface area (Å²) in [4.78, 5) is 28.0. The van der Waals surface area contributed by atoms with Gasteiger partial charge in [0.05, 0.1) is 29.8 Å². The Labute approximate surface area is 191 Å². The predicted octanol–water partition coefficient (Wildman–Crippen LogP) is 3.25. The molecule has 2 amide bonds. The Hall–Kier alpha value is -3.27. The minimum Gasteiger partial charge on any atom is -0.322 e. The van der Waals surface area contributed by atoms with Crippen LogP contribution in [0.15, 0.2) is 42.6 Å². The van der Waals surface area contributed by atoms with E-state index >= 15 is 0 Å². The average molecular weight is 473 g/mol. The van der Waals surface area contributed by atoms with Crippen LogP contribution in [0.1, 0.15) is 29.8 Å². The number of fused-ring (bicyclic) bond motifs is 1.